The Kier molecular flexibility index (Phi) is 3.99. The minimum atomic E-state index is -0.310. The second-order valence-corrected chi connectivity index (χ2v) is 4.96. The molecule has 96 valence electrons. The maximum Gasteiger partial charge on any atom is 0.245 e. The molecule has 2 aliphatic rings. The van der Waals surface area contributed by atoms with Gasteiger partial charge in [0.2, 0.25) is 11.8 Å². The van der Waals surface area contributed by atoms with E-state index < -0.39 is 0 Å². The molecule has 2 aliphatic heterocycles. The van der Waals surface area contributed by atoms with Gasteiger partial charge in [0.25, 0.3) is 0 Å². The van der Waals surface area contributed by atoms with Crippen LogP contribution in [0.2, 0.25) is 0 Å². The van der Waals surface area contributed by atoms with Gasteiger partial charge >= 0.3 is 0 Å². The zero-order valence-corrected chi connectivity index (χ0v) is 10.0. The highest BCUT2D eigenvalue weighted by Gasteiger charge is 2.32. The predicted octanol–water partition coefficient (Wildman–Crippen LogP) is -0.114. The number of likely N-dealkylation sites (tertiary alicyclic amines) is 1. The second kappa shape index (κ2) is 5.49. The molecule has 0 radical (unpaired) electrons. The van der Waals surface area contributed by atoms with Crippen LogP contribution in [0.1, 0.15) is 32.1 Å². The lowest BCUT2D eigenvalue weighted by atomic mass is 9.94. The summed E-state index contributed by atoms with van der Waals surface area (Å²) in [6.45, 7) is 1.70. The lowest BCUT2D eigenvalue weighted by Gasteiger charge is -2.34. The van der Waals surface area contributed by atoms with E-state index in [4.69, 9.17) is 5.11 Å². The normalized spacial score (nSPS) is 29.2. The van der Waals surface area contributed by atoms with Gasteiger partial charge in [0.05, 0.1) is 0 Å². The number of carbonyl (C=O) groups excluding carboxylic acids is 2. The van der Waals surface area contributed by atoms with Crippen LogP contribution in [0, 0.1) is 5.92 Å². The third-order valence-corrected chi connectivity index (χ3v) is 3.66. The fourth-order valence-corrected chi connectivity index (χ4v) is 2.70. The minimum absolute atomic E-state index is 0.0210. The third kappa shape index (κ3) is 2.97. The van der Waals surface area contributed by atoms with E-state index in [0.717, 1.165) is 32.4 Å². The average Bonchev–Trinajstić information content (AvgIpc) is 2.76. The van der Waals surface area contributed by atoms with E-state index in [1.807, 2.05) is 4.90 Å². The molecule has 5 heteroatoms. The van der Waals surface area contributed by atoms with Crippen LogP contribution in [0.25, 0.3) is 0 Å². The number of piperidine rings is 1. The number of nitrogens with zero attached hydrogens (tertiary/aromatic N) is 1. The standard InChI is InChI=1S/C12H20N2O3/c15-7-5-9-2-1-6-14(8-9)12(17)10-3-4-11(16)13-10/h9-10,15H,1-8H2,(H,13,16)/t9?,10-/m0/s1. The van der Waals surface area contributed by atoms with Crippen molar-refractivity contribution in [3.05, 3.63) is 0 Å². The first-order valence-corrected chi connectivity index (χ1v) is 6.39. The van der Waals surface area contributed by atoms with Crippen molar-refractivity contribution in [2.75, 3.05) is 19.7 Å². The van der Waals surface area contributed by atoms with E-state index in [9.17, 15) is 9.59 Å². The molecule has 2 heterocycles. The quantitative estimate of drug-likeness (QED) is 0.723. The van der Waals surface area contributed by atoms with Crippen molar-refractivity contribution in [1.29, 1.82) is 0 Å². The highest BCUT2D eigenvalue weighted by molar-refractivity contribution is 5.90. The van der Waals surface area contributed by atoms with E-state index in [0.29, 0.717) is 18.8 Å². The Bertz CT molecular complexity index is 304. The highest BCUT2D eigenvalue weighted by atomic mass is 16.3. The molecule has 2 rings (SSSR count). The van der Waals surface area contributed by atoms with Gasteiger partial charge in [0.1, 0.15) is 6.04 Å². The highest BCUT2D eigenvalue weighted by Crippen LogP contribution is 2.21. The van der Waals surface area contributed by atoms with Crippen molar-refractivity contribution in [2.45, 2.75) is 38.1 Å². The summed E-state index contributed by atoms with van der Waals surface area (Å²) in [6.07, 6.45) is 3.93. The monoisotopic (exact) mass is 240 g/mol. The zero-order chi connectivity index (χ0) is 12.3. The molecule has 0 aromatic rings. The van der Waals surface area contributed by atoms with Gasteiger partial charge in [-0.2, -0.15) is 0 Å². The molecule has 2 N–H and O–H groups in total. The number of carbonyl (C=O) groups is 2. The van der Waals surface area contributed by atoms with Crippen molar-refractivity contribution in [3.8, 4) is 0 Å². The van der Waals surface area contributed by atoms with Crippen LogP contribution in [0.5, 0.6) is 0 Å². The summed E-state index contributed by atoms with van der Waals surface area (Å²) in [7, 11) is 0. The summed E-state index contributed by atoms with van der Waals surface area (Å²) in [5.41, 5.74) is 0. The topological polar surface area (TPSA) is 69.6 Å². The molecule has 1 unspecified atom stereocenters. The molecule has 17 heavy (non-hydrogen) atoms. The summed E-state index contributed by atoms with van der Waals surface area (Å²) in [6, 6.07) is -0.310. The molecule has 0 aromatic carbocycles. The lowest BCUT2D eigenvalue weighted by Crippen LogP contribution is -2.48. The first kappa shape index (κ1) is 12.4. The Labute approximate surface area is 101 Å². The number of nitrogens with one attached hydrogen (secondary N) is 1. The van der Waals surface area contributed by atoms with Crippen LogP contribution in [0.4, 0.5) is 0 Å². The van der Waals surface area contributed by atoms with Gasteiger partial charge in [-0.15, -0.1) is 0 Å². The minimum Gasteiger partial charge on any atom is -0.396 e. The summed E-state index contributed by atoms with van der Waals surface area (Å²) in [5, 5.41) is 11.6. The van der Waals surface area contributed by atoms with Crippen LogP contribution in [0.3, 0.4) is 0 Å². The maximum absolute atomic E-state index is 12.1. The van der Waals surface area contributed by atoms with Crippen molar-refractivity contribution in [3.63, 3.8) is 0 Å². The molecule has 0 saturated carbocycles. The number of hydrogen-bond acceptors (Lipinski definition) is 3. The Balaban J connectivity index is 1.88. The number of hydrogen-bond donors (Lipinski definition) is 2. The molecule has 0 bridgehead atoms. The molecule has 5 nitrogen and oxygen atoms in total. The molecule has 2 saturated heterocycles. The first-order chi connectivity index (χ1) is 8.20. The van der Waals surface area contributed by atoms with Crippen molar-refractivity contribution < 1.29 is 14.7 Å². The predicted molar refractivity (Wildman–Crippen MR) is 62.2 cm³/mol. The van der Waals surface area contributed by atoms with Gasteiger partial charge in [-0.1, -0.05) is 0 Å². The molecular weight excluding hydrogens is 220 g/mol. The number of aliphatic hydroxyl groups is 1. The van der Waals surface area contributed by atoms with E-state index >= 15 is 0 Å². The molecule has 0 aromatic heterocycles. The van der Waals surface area contributed by atoms with Gasteiger partial charge in [-0.3, -0.25) is 9.59 Å². The Morgan fingerprint density at radius 3 is 2.94 bits per heavy atom. The number of rotatable bonds is 3. The fraction of sp³-hybridized carbons (Fsp3) is 0.833. The van der Waals surface area contributed by atoms with Crippen LogP contribution in [0.15, 0.2) is 0 Å². The van der Waals surface area contributed by atoms with Gasteiger partial charge < -0.3 is 15.3 Å². The molecule has 0 aliphatic carbocycles. The molecule has 2 amide bonds. The van der Waals surface area contributed by atoms with Crippen molar-refractivity contribution in [1.82, 2.24) is 10.2 Å². The Morgan fingerprint density at radius 2 is 2.29 bits per heavy atom. The number of aliphatic hydroxyl groups excluding tert-OH is 1. The number of amides is 2. The van der Waals surface area contributed by atoms with E-state index in [-0.39, 0.29) is 24.5 Å². The average molecular weight is 240 g/mol. The SMILES string of the molecule is O=C1CC[C@@H](C(=O)N2CCCC(CCO)C2)N1. The zero-order valence-electron chi connectivity index (χ0n) is 10.0. The van der Waals surface area contributed by atoms with E-state index in [1.165, 1.54) is 0 Å². The Morgan fingerprint density at radius 1 is 1.47 bits per heavy atom. The smallest absolute Gasteiger partial charge is 0.245 e. The van der Waals surface area contributed by atoms with Gasteiger partial charge in [0.15, 0.2) is 0 Å². The molecule has 0 spiro atoms. The summed E-state index contributed by atoms with van der Waals surface area (Å²) < 4.78 is 0. The van der Waals surface area contributed by atoms with Crippen LogP contribution >= 0.6 is 0 Å². The van der Waals surface area contributed by atoms with Gasteiger partial charge in [-0.05, 0) is 31.6 Å². The van der Waals surface area contributed by atoms with Crippen molar-refractivity contribution in [2.24, 2.45) is 5.92 Å². The molecule has 2 atom stereocenters. The van der Waals surface area contributed by atoms with Crippen LogP contribution in [-0.4, -0.2) is 47.6 Å². The second-order valence-electron chi connectivity index (χ2n) is 4.96. The molecule has 2 fully saturated rings. The van der Waals surface area contributed by atoms with E-state index in [2.05, 4.69) is 5.32 Å². The first-order valence-electron chi connectivity index (χ1n) is 6.39. The van der Waals surface area contributed by atoms with E-state index in [1.54, 1.807) is 0 Å². The third-order valence-electron chi connectivity index (χ3n) is 3.66. The van der Waals surface area contributed by atoms with Crippen LogP contribution < -0.4 is 5.32 Å². The largest absolute Gasteiger partial charge is 0.396 e. The van der Waals surface area contributed by atoms with Gasteiger partial charge in [-0.25, -0.2) is 0 Å². The van der Waals surface area contributed by atoms with Crippen molar-refractivity contribution >= 4 is 11.8 Å². The lowest BCUT2D eigenvalue weighted by molar-refractivity contribution is -0.136. The fourth-order valence-electron chi connectivity index (χ4n) is 2.70. The Hall–Kier alpha value is -1.10. The van der Waals surface area contributed by atoms with Gasteiger partial charge in [0, 0.05) is 26.1 Å². The summed E-state index contributed by atoms with van der Waals surface area (Å²) in [5.74, 6) is 0.445. The summed E-state index contributed by atoms with van der Waals surface area (Å²) in [4.78, 5) is 25.1. The maximum atomic E-state index is 12.1. The molecular formula is C12H20N2O3. The van der Waals surface area contributed by atoms with Crippen LogP contribution in [-0.2, 0) is 9.59 Å². The summed E-state index contributed by atoms with van der Waals surface area (Å²) >= 11 is 0.